The van der Waals surface area contributed by atoms with Crippen molar-refractivity contribution in [2.75, 3.05) is 18.4 Å². The third kappa shape index (κ3) is 3.45. The van der Waals surface area contributed by atoms with Crippen LogP contribution in [0, 0.1) is 5.92 Å². The second kappa shape index (κ2) is 5.85. The van der Waals surface area contributed by atoms with E-state index in [4.69, 9.17) is 0 Å². The van der Waals surface area contributed by atoms with Gasteiger partial charge in [-0.3, -0.25) is 4.79 Å². The lowest BCUT2D eigenvalue weighted by Gasteiger charge is -2.09. The summed E-state index contributed by atoms with van der Waals surface area (Å²) in [4.78, 5) is 16.5. The van der Waals surface area contributed by atoms with Crippen LogP contribution >= 0.6 is 0 Å². The Bertz CT molecular complexity index is 427. The fourth-order valence-electron chi connectivity index (χ4n) is 1.83. The van der Waals surface area contributed by atoms with E-state index in [-0.39, 0.29) is 5.91 Å². The summed E-state index contributed by atoms with van der Waals surface area (Å²) in [5, 5.41) is 6.15. The Morgan fingerprint density at radius 2 is 2.17 bits per heavy atom. The van der Waals surface area contributed by atoms with E-state index in [1.807, 2.05) is 26.0 Å². The molecule has 4 heteroatoms. The highest BCUT2D eigenvalue weighted by Gasteiger charge is 2.22. The van der Waals surface area contributed by atoms with E-state index in [9.17, 15) is 4.79 Å². The Balaban J connectivity index is 2.08. The van der Waals surface area contributed by atoms with Crippen LogP contribution in [0.1, 0.15) is 42.7 Å². The molecule has 1 amide bonds. The van der Waals surface area contributed by atoms with Crippen LogP contribution in [0.4, 0.5) is 5.82 Å². The summed E-state index contributed by atoms with van der Waals surface area (Å²) in [6.45, 7) is 5.68. The van der Waals surface area contributed by atoms with Gasteiger partial charge >= 0.3 is 0 Å². The van der Waals surface area contributed by atoms with Gasteiger partial charge in [0, 0.05) is 24.3 Å². The van der Waals surface area contributed by atoms with Crippen LogP contribution in [0.15, 0.2) is 12.1 Å². The van der Waals surface area contributed by atoms with E-state index in [1.54, 1.807) is 0 Å². The number of rotatable bonds is 6. The first-order valence-electron chi connectivity index (χ1n) is 6.76. The molecule has 1 aliphatic carbocycles. The first-order valence-corrected chi connectivity index (χ1v) is 6.76. The van der Waals surface area contributed by atoms with E-state index >= 15 is 0 Å². The average molecular weight is 247 g/mol. The fraction of sp³-hybridized carbons (Fsp3) is 0.571. The zero-order valence-corrected chi connectivity index (χ0v) is 11.1. The minimum Gasteiger partial charge on any atom is -0.370 e. The van der Waals surface area contributed by atoms with Crippen LogP contribution < -0.4 is 10.6 Å². The van der Waals surface area contributed by atoms with Crippen LogP contribution in [0.5, 0.6) is 0 Å². The molecule has 1 aromatic heterocycles. The van der Waals surface area contributed by atoms with Gasteiger partial charge in [-0.25, -0.2) is 4.98 Å². The van der Waals surface area contributed by atoms with Crippen LogP contribution in [-0.2, 0) is 6.42 Å². The first kappa shape index (κ1) is 12.9. The van der Waals surface area contributed by atoms with E-state index in [0.717, 1.165) is 31.0 Å². The molecule has 1 aromatic rings. The highest BCUT2D eigenvalue weighted by atomic mass is 16.1. The summed E-state index contributed by atoms with van der Waals surface area (Å²) in [7, 11) is 0. The molecule has 1 saturated carbocycles. The number of nitrogens with zero attached hydrogens (tertiary/aromatic N) is 1. The monoisotopic (exact) mass is 247 g/mol. The molecule has 0 aromatic carbocycles. The number of anilines is 1. The molecule has 0 radical (unpaired) electrons. The van der Waals surface area contributed by atoms with E-state index < -0.39 is 0 Å². The Kier molecular flexibility index (Phi) is 4.18. The van der Waals surface area contributed by atoms with Gasteiger partial charge in [0.2, 0.25) is 0 Å². The van der Waals surface area contributed by atoms with Crippen molar-refractivity contribution in [2.45, 2.75) is 33.1 Å². The molecule has 1 aliphatic rings. The van der Waals surface area contributed by atoms with E-state index in [0.29, 0.717) is 11.5 Å². The van der Waals surface area contributed by atoms with Crippen LogP contribution in [0.3, 0.4) is 0 Å². The van der Waals surface area contributed by atoms with Gasteiger partial charge in [0.1, 0.15) is 5.82 Å². The molecule has 2 rings (SSSR count). The fourth-order valence-corrected chi connectivity index (χ4v) is 1.83. The predicted molar refractivity (Wildman–Crippen MR) is 72.8 cm³/mol. The second-order valence-corrected chi connectivity index (χ2v) is 4.77. The SMILES string of the molecule is CCNc1cc(C(=O)NCC2CC2)cc(CC)n1. The summed E-state index contributed by atoms with van der Waals surface area (Å²) in [6, 6.07) is 3.70. The maximum atomic E-state index is 12.0. The lowest BCUT2D eigenvalue weighted by molar-refractivity contribution is 0.0951. The van der Waals surface area contributed by atoms with Crippen LogP contribution in [0.2, 0.25) is 0 Å². The predicted octanol–water partition coefficient (Wildman–Crippen LogP) is 2.22. The maximum absolute atomic E-state index is 12.0. The molecule has 0 atom stereocenters. The van der Waals surface area contributed by atoms with Crippen molar-refractivity contribution in [3.05, 3.63) is 23.4 Å². The summed E-state index contributed by atoms with van der Waals surface area (Å²) < 4.78 is 0. The number of aryl methyl sites for hydroxylation is 1. The molecular formula is C14H21N3O. The van der Waals surface area contributed by atoms with Gasteiger partial charge in [-0.05, 0) is 44.2 Å². The Labute approximate surface area is 108 Å². The molecule has 98 valence electrons. The molecular weight excluding hydrogens is 226 g/mol. The maximum Gasteiger partial charge on any atom is 0.251 e. The van der Waals surface area contributed by atoms with Crippen LogP contribution in [-0.4, -0.2) is 24.0 Å². The quantitative estimate of drug-likeness (QED) is 0.810. The molecule has 1 heterocycles. The second-order valence-electron chi connectivity index (χ2n) is 4.77. The topological polar surface area (TPSA) is 54.0 Å². The molecule has 18 heavy (non-hydrogen) atoms. The largest absolute Gasteiger partial charge is 0.370 e. The van der Waals surface area contributed by atoms with Gasteiger partial charge in [0.25, 0.3) is 5.91 Å². The Hall–Kier alpha value is -1.58. The van der Waals surface area contributed by atoms with Crippen LogP contribution in [0.25, 0.3) is 0 Å². The van der Waals surface area contributed by atoms with Gasteiger partial charge < -0.3 is 10.6 Å². The van der Waals surface area contributed by atoms with Gasteiger partial charge in [0.05, 0.1) is 0 Å². The number of carbonyl (C=O) groups excluding carboxylic acids is 1. The van der Waals surface area contributed by atoms with Crippen molar-refractivity contribution >= 4 is 11.7 Å². The number of carbonyl (C=O) groups is 1. The van der Waals surface area contributed by atoms with E-state index in [2.05, 4.69) is 15.6 Å². The molecule has 0 spiro atoms. The standard InChI is InChI=1S/C14H21N3O/c1-3-12-7-11(8-13(17-12)15-4-2)14(18)16-9-10-5-6-10/h7-8,10H,3-6,9H2,1-2H3,(H,15,17)(H,16,18). The van der Waals surface area contributed by atoms with Crippen molar-refractivity contribution in [1.29, 1.82) is 0 Å². The first-order chi connectivity index (χ1) is 8.72. The molecule has 0 saturated heterocycles. The summed E-state index contributed by atoms with van der Waals surface area (Å²) in [6.07, 6.45) is 3.33. The number of hydrogen-bond donors (Lipinski definition) is 2. The minimum absolute atomic E-state index is 0.0122. The van der Waals surface area contributed by atoms with Gasteiger partial charge in [-0.2, -0.15) is 0 Å². The summed E-state index contributed by atoms with van der Waals surface area (Å²) in [5.74, 6) is 1.50. The number of pyridine rings is 1. The molecule has 0 bridgehead atoms. The lowest BCUT2D eigenvalue weighted by atomic mass is 10.1. The number of nitrogens with one attached hydrogen (secondary N) is 2. The third-order valence-corrected chi connectivity index (χ3v) is 3.11. The number of amides is 1. The zero-order chi connectivity index (χ0) is 13.0. The van der Waals surface area contributed by atoms with Crippen molar-refractivity contribution in [3.63, 3.8) is 0 Å². The summed E-state index contributed by atoms with van der Waals surface area (Å²) >= 11 is 0. The Morgan fingerprint density at radius 1 is 1.39 bits per heavy atom. The van der Waals surface area contributed by atoms with E-state index in [1.165, 1.54) is 12.8 Å². The zero-order valence-electron chi connectivity index (χ0n) is 11.1. The van der Waals surface area contributed by atoms with Crippen molar-refractivity contribution in [2.24, 2.45) is 5.92 Å². The van der Waals surface area contributed by atoms with Gasteiger partial charge in [0.15, 0.2) is 0 Å². The molecule has 0 unspecified atom stereocenters. The number of aromatic nitrogens is 1. The minimum atomic E-state index is 0.0122. The van der Waals surface area contributed by atoms with Gasteiger partial charge in [-0.1, -0.05) is 6.92 Å². The normalized spacial score (nSPS) is 14.3. The molecule has 0 aliphatic heterocycles. The summed E-state index contributed by atoms with van der Waals surface area (Å²) in [5.41, 5.74) is 1.66. The van der Waals surface area contributed by atoms with Crippen molar-refractivity contribution in [3.8, 4) is 0 Å². The third-order valence-electron chi connectivity index (χ3n) is 3.11. The molecule has 4 nitrogen and oxygen atoms in total. The highest BCUT2D eigenvalue weighted by Crippen LogP contribution is 2.27. The average Bonchev–Trinajstić information content (AvgIpc) is 3.20. The molecule has 1 fully saturated rings. The lowest BCUT2D eigenvalue weighted by Crippen LogP contribution is -2.25. The van der Waals surface area contributed by atoms with Crippen molar-refractivity contribution in [1.82, 2.24) is 10.3 Å². The highest BCUT2D eigenvalue weighted by molar-refractivity contribution is 5.95. The Morgan fingerprint density at radius 3 is 2.78 bits per heavy atom. The smallest absolute Gasteiger partial charge is 0.251 e. The number of hydrogen-bond acceptors (Lipinski definition) is 3. The van der Waals surface area contributed by atoms with Gasteiger partial charge in [-0.15, -0.1) is 0 Å². The molecule has 2 N–H and O–H groups in total. The van der Waals surface area contributed by atoms with Crippen molar-refractivity contribution < 1.29 is 4.79 Å².